The van der Waals surface area contributed by atoms with Crippen LogP contribution in [0.15, 0.2) is 0 Å². The highest BCUT2D eigenvalue weighted by molar-refractivity contribution is 5.31. The SMILES string of the molecule is OC[C@]12OC(O)([C@H](O)[C@@H](O)[C@@H]1O)[C@]1(O)[C@@H](O)C(O)O[C@@]2(CO)[C@H]1O. The first-order chi connectivity index (χ1) is 11.0. The zero-order valence-electron chi connectivity index (χ0n) is 12.2. The molecule has 24 heavy (non-hydrogen) atoms. The molecule has 0 radical (unpaired) electrons. The Morgan fingerprint density at radius 2 is 1.29 bits per heavy atom. The Bertz CT molecular complexity index is 528. The molecule has 3 aliphatic rings. The first-order valence-electron chi connectivity index (χ1n) is 7.13. The third kappa shape index (κ3) is 1.55. The van der Waals surface area contributed by atoms with Gasteiger partial charge in [0.05, 0.1) is 13.2 Å². The lowest BCUT2D eigenvalue weighted by atomic mass is 9.56. The van der Waals surface area contributed by atoms with Gasteiger partial charge >= 0.3 is 0 Å². The minimum Gasteiger partial charge on any atom is -0.393 e. The molecule has 3 aliphatic heterocycles. The molecule has 0 aliphatic carbocycles. The lowest BCUT2D eigenvalue weighted by Gasteiger charge is -2.71. The summed E-state index contributed by atoms with van der Waals surface area (Å²) in [6, 6.07) is 0. The van der Waals surface area contributed by atoms with E-state index >= 15 is 0 Å². The van der Waals surface area contributed by atoms with Crippen LogP contribution < -0.4 is 0 Å². The standard InChI is InChI=1S/C12H20O12/c13-1-9-4(16)3(15)5(17)12(22,24-9)11(21)6(18)7(19)23-10(9,2-14)8(11)20/h3-8,13-22H,1-2H2/t3-,4-,5+,6-,7?,8+,9-,10-,11-,12?/m0/s1. The second-order valence-electron chi connectivity index (χ2n) is 6.46. The lowest BCUT2D eigenvalue weighted by molar-refractivity contribution is -0.544. The summed E-state index contributed by atoms with van der Waals surface area (Å²) in [4.78, 5) is 0. The van der Waals surface area contributed by atoms with E-state index in [2.05, 4.69) is 0 Å². The van der Waals surface area contributed by atoms with Crippen molar-refractivity contribution >= 4 is 0 Å². The van der Waals surface area contributed by atoms with Crippen LogP contribution in [0.25, 0.3) is 0 Å². The zero-order valence-corrected chi connectivity index (χ0v) is 12.2. The van der Waals surface area contributed by atoms with E-state index < -0.39 is 72.6 Å². The van der Waals surface area contributed by atoms with E-state index in [4.69, 9.17) is 9.47 Å². The van der Waals surface area contributed by atoms with Crippen LogP contribution in [0.5, 0.6) is 0 Å². The molecular weight excluding hydrogens is 336 g/mol. The molecule has 0 aromatic carbocycles. The van der Waals surface area contributed by atoms with Crippen molar-refractivity contribution in [2.75, 3.05) is 13.2 Å². The van der Waals surface area contributed by atoms with Crippen molar-refractivity contribution in [1.29, 1.82) is 0 Å². The van der Waals surface area contributed by atoms with E-state index in [-0.39, 0.29) is 0 Å². The van der Waals surface area contributed by atoms with Gasteiger partial charge in [-0.15, -0.1) is 0 Å². The third-order valence-electron chi connectivity index (χ3n) is 5.53. The average Bonchev–Trinajstić information content (AvgIpc) is 2.57. The van der Waals surface area contributed by atoms with Crippen LogP contribution in [0.3, 0.4) is 0 Å². The maximum absolute atomic E-state index is 10.7. The molecule has 0 saturated carbocycles. The van der Waals surface area contributed by atoms with Crippen LogP contribution in [-0.2, 0) is 9.47 Å². The summed E-state index contributed by atoms with van der Waals surface area (Å²) < 4.78 is 10.0. The highest BCUT2D eigenvalue weighted by Gasteiger charge is 2.86. The van der Waals surface area contributed by atoms with Crippen LogP contribution >= 0.6 is 0 Å². The van der Waals surface area contributed by atoms with Crippen molar-refractivity contribution in [3.8, 4) is 0 Å². The quantitative estimate of drug-likeness (QED) is 0.223. The summed E-state index contributed by atoms with van der Waals surface area (Å²) in [7, 11) is 0. The van der Waals surface area contributed by atoms with Gasteiger partial charge in [-0.25, -0.2) is 0 Å². The number of fused-ring (bicyclic) bond motifs is 6. The largest absolute Gasteiger partial charge is 0.393 e. The topological polar surface area (TPSA) is 221 Å². The van der Waals surface area contributed by atoms with Crippen LogP contribution in [0.2, 0.25) is 0 Å². The van der Waals surface area contributed by atoms with E-state index in [1.807, 2.05) is 0 Å². The molecule has 3 saturated heterocycles. The summed E-state index contributed by atoms with van der Waals surface area (Å²) in [5.41, 5.74) is -8.55. The van der Waals surface area contributed by atoms with Gasteiger partial charge in [-0.05, 0) is 0 Å². The molecule has 10 atom stereocenters. The van der Waals surface area contributed by atoms with E-state index in [1.54, 1.807) is 0 Å². The zero-order chi connectivity index (χ0) is 18.3. The Labute approximate surface area is 134 Å². The summed E-state index contributed by atoms with van der Waals surface area (Å²) in [6.45, 7) is -2.53. The van der Waals surface area contributed by atoms with E-state index in [1.165, 1.54) is 0 Å². The number of aliphatic hydroxyl groups is 10. The molecule has 12 nitrogen and oxygen atoms in total. The molecule has 0 spiro atoms. The maximum Gasteiger partial charge on any atom is 0.230 e. The minimum absolute atomic E-state index is 1.27. The Balaban J connectivity index is 2.34. The third-order valence-corrected chi connectivity index (χ3v) is 5.53. The van der Waals surface area contributed by atoms with Crippen molar-refractivity contribution < 1.29 is 60.5 Å². The van der Waals surface area contributed by atoms with Gasteiger partial charge in [0, 0.05) is 0 Å². The summed E-state index contributed by atoms with van der Waals surface area (Å²) in [5, 5.41) is 101. The second-order valence-corrected chi connectivity index (χ2v) is 6.46. The fourth-order valence-corrected chi connectivity index (χ4v) is 4.07. The van der Waals surface area contributed by atoms with Gasteiger partial charge in [0.25, 0.3) is 0 Å². The van der Waals surface area contributed by atoms with Crippen molar-refractivity contribution in [3.05, 3.63) is 0 Å². The van der Waals surface area contributed by atoms with Gasteiger partial charge in [-0.2, -0.15) is 0 Å². The average molecular weight is 356 g/mol. The van der Waals surface area contributed by atoms with Gasteiger partial charge in [0.1, 0.15) is 30.5 Å². The molecule has 10 N–H and O–H groups in total. The molecule has 0 amide bonds. The molecule has 3 rings (SSSR count). The van der Waals surface area contributed by atoms with Crippen LogP contribution in [0, 0.1) is 0 Å². The van der Waals surface area contributed by atoms with Crippen molar-refractivity contribution in [1.82, 2.24) is 0 Å². The van der Waals surface area contributed by atoms with Gasteiger partial charge in [-0.3, -0.25) is 0 Å². The number of aliphatic hydroxyl groups excluding tert-OH is 8. The maximum atomic E-state index is 10.7. The van der Waals surface area contributed by atoms with Gasteiger partial charge in [0.2, 0.25) is 5.79 Å². The number of hydrogen-bond acceptors (Lipinski definition) is 12. The minimum atomic E-state index is -3.32. The van der Waals surface area contributed by atoms with Crippen LogP contribution in [0.1, 0.15) is 0 Å². The van der Waals surface area contributed by atoms with Crippen molar-refractivity contribution in [3.63, 3.8) is 0 Å². The molecule has 12 heteroatoms. The molecule has 140 valence electrons. The fraction of sp³-hybridized carbons (Fsp3) is 1.00. The van der Waals surface area contributed by atoms with Crippen molar-refractivity contribution in [2.45, 2.75) is 59.4 Å². The summed E-state index contributed by atoms with van der Waals surface area (Å²) in [6.07, 6.45) is -14.1. The van der Waals surface area contributed by atoms with Gasteiger partial charge in [0.15, 0.2) is 23.1 Å². The molecule has 0 aromatic rings. The predicted octanol–water partition coefficient (Wildman–Crippen LogP) is -6.93. The van der Waals surface area contributed by atoms with Crippen LogP contribution in [0.4, 0.5) is 0 Å². The Kier molecular flexibility index (Phi) is 3.84. The lowest BCUT2D eigenvalue weighted by Crippen LogP contribution is -2.97. The molecule has 2 unspecified atom stereocenters. The summed E-state index contributed by atoms with van der Waals surface area (Å²) >= 11 is 0. The van der Waals surface area contributed by atoms with E-state index in [0.717, 1.165) is 0 Å². The molecule has 3 fully saturated rings. The first-order valence-corrected chi connectivity index (χ1v) is 7.13. The highest BCUT2D eigenvalue weighted by Crippen LogP contribution is 2.59. The fourth-order valence-electron chi connectivity index (χ4n) is 4.07. The number of ether oxygens (including phenoxy) is 2. The monoisotopic (exact) mass is 356 g/mol. The van der Waals surface area contributed by atoms with E-state index in [9.17, 15) is 51.1 Å². The molecular formula is C12H20O12. The normalized spacial score (nSPS) is 63.2. The smallest absolute Gasteiger partial charge is 0.230 e. The molecule has 0 aromatic heterocycles. The Morgan fingerprint density at radius 3 is 1.79 bits per heavy atom. The van der Waals surface area contributed by atoms with Crippen molar-refractivity contribution in [2.24, 2.45) is 0 Å². The predicted molar refractivity (Wildman–Crippen MR) is 67.7 cm³/mol. The molecule has 3 heterocycles. The molecule has 4 bridgehead atoms. The second kappa shape index (κ2) is 5.03. The highest BCUT2D eigenvalue weighted by atomic mass is 16.7. The summed E-state index contributed by atoms with van der Waals surface area (Å²) in [5.74, 6) is -3.32. The Morgan fingerprint density at radius 1 is 0.750 bits per heavy atom. The van der Waals surface area contributed by atoms with Crippen LogP contribution in [-0.4, -0.2) is 124 Å². The Hall–Kier alpha value is -0.480. The van der Waals surface area contributed by atoms with Gasteiger partial charge in [-0.1, -0.05) is 0 Å². The van der Waals surface area contributed by atoms with E-state index in [0.29, 0.717) is 0 Å². The first kappa shape index (κ1) is 18.3. The number of rotatable bonds is 2. The van der Waals surface area contributed by atoms with Gasteiger partial charge < -0.3 is 60.5 Å². The number of hydrogen-bond donors (Lipinski definition) is 10.